The van der Waals surface area contributed by atoms with E-state index in [9.17, 15) is 9.59 Å². The third-order valence-corrected chi connectivity index (χ3v) is 0.695. The topological polar surface area (TPSA) is 65.7 Å². The molecule has 0 aliphatic heterocycles. The summed E-state index contributed by atoms with van der Waals surface area (Å²) in [6.45, 7) is 0. The Kier molecular flexibility index (Phi) is 2.98. The minimum atomic E-state index is -0.301. The van der Waals surface area contributed by atoms with E-state index >= 15 is 0 Å². The Hall–Kier alpha value is -0.801. The predicted molar refractivity (Wildman–Crippen MR) is 27.7 cm³/mol. The minimum Gasteiger partial charge on any atom is -0.268 e. The van der Waals surface area contributed by atoms with Gasteiger partial charge in [-0.05, 0) is 0 Å². The van der Waals surface area contributed by atoms with Crippen molar-refractivity contribution in [1.82, 2.24) is 10.2 Å². The van der Waals surface area contributed by atoms with Crippen LogP contribution in [0.1, 0.15) is 0 Å². The molecule has 49 valence electrons. The summed E-state index contributed by atoms with van der Waals surface area (Å²) in [6.07, 6.45) is 0. The summed E-state index contributed by atoms with van der Waals surface area (Å²) in [5.74, 6) is 0. The van der Waals surface area contributed by atoms with Gasteiger partial charge >= 0.3 is 0 Å². The number of hydrogen-bond donors (Lipinski definition) is 2. The monoisotopic (exact) mass is 167 g/mol. The fraction of sp³-hybridized carbons (Fsp3) is 0. The van der Waals surface area contributed by atoms with Crippen molar-refractivity contribution in [1.29, 1.82) is 0 Å². The van der Waals surface area contributed by atoms with Crippen LogP contribution >= 0.6 is 0 Å². The average Bonchev–Trinajstić information content (AvgIpc) is 1.77. The Morgan fingerprint density at radius 3 is 1.56 bits per heavy atom. The van der Waals surface area contributed by atoms with Gasteiger partial charge in [-0.3, -0.25) is 19.8 Å². The second-order valence-electron chi connectivity index (χ2n) is 1.31. The SMILES string of the molecule is O=c1ccc(=O)[nH][nH]1.[Mn]. The first-order chi connectivity index (χ1) is 3.79. The molecule has 2 N–H and O–H groups in total. The zero-order chi connectivity index (χ0) is 5.98. The third kappa shape index (κ3) is 2.30. The van der Waals surface area contributed by atoms with Crippen LogP contribution in [-0.4, -0.2) is 10.2 Å². The maximum absolute atomic E-state index is 10.2. The normalized spacial score (nSPS) is 8.00. The molecule has 0 amide bonds. The number of hydrogen-bond acceptors (Lipinski definition) is 2. The predicted octanol–water partition coefficient (Wildman–Crippen LogP) is -0.939. The van der Waals surface area contributed by atoms with E-state index in [1.807, 2.05) is 0 Å². The summed E-state index contributed by atoms with van der Waals surface area (Å²) >= 11 is 0. The van der Waals surface area contributed by atoms with Gasteiger partial charge in [-0.15, -0.1) is 0 Å². The first-order valence-electron chi connectivity index (χ1n) is 2.07. The van der Waals surface area contributed by atoms with Crippen LogP contribution in [-0.2, 0) is 17.1 Å². The summed E-state index contributed by atoms with van der Waals surface area (Å²) in [6, 6.07) is 2.33. The van der Waals surface area contributed by atoms with Crippen LogP contribution in [0.25, 0.3) is 0 Å². The number of H-pyrrole nitrogens is 2. The number of rotatable bonds is 0. The van der Waals surface area contributed by atoms with E-state index in [0.29, 0.717) is 0 Å². The van der Waals surface area contributed by atoms with E-state index in [-0.39, 0.29) is 28.2 Å². The first-order valence-corrected chi connectivity index (χ1v) is 2.07. The van der Waals surface area contributed by atoms with Crippen molar-refractivity contribution in [2.45, 2.75) is 0 Å². The summed E-state index contributed by atoms with van der Waals surface area (Å²) in [7, 11) is 0. The van der Waals surface area contributed by atoms with Crippen LogP contribution in [0, 0.1) is 0 Å². The Labute approximate surface area is 60.8 Å². The second kappa shape index (κ2) is 3.27. The Morgan fingerprint density at radius 1 is 1.00 bits per heavy atom. The molecule has 1 aromatic rings. The summed E-state index contributed by atoms with van der Waals surface area (Å²) in [4.78, 5) is 20.4. The zero-order valence-electron chi connectivity index (χ0n) is 4.35. The largest absolute Gasteiger partial charge is 0.268 e. The van der Waals surface area contributed by atoms with Crippen molar-refractivity contribution in [2.75, 3.05) is 0 Å². The van der Waals surface area contributed by atoms with E-state index in [1.165, 1.54) is 12.1 Å². The van der Waals surface area contributed by atoms with Gasteiger partial charge in [0.15, 0.2) is 0 Å². The van der Waals surface area contributed by atoms with Crippen molar-refractivity contribution >= 4 is 0 Å². The molecule has 1 rings (SSSR count). The Balaban J connectivity index is 0.000000640. The number of aromatic amines is 2. The molecule has 1 aromatic heterocycles. The molecule has 1 radical (unpaired) electrons. The quantitative estimate of drug-likeness (QED) is 0.489. The maximum atomic E-state index is 10.2. The van der Waals surface area contributed by atoms with Crippen molar-refractivity contribution in [3.63, 3.8) is 0 Å². The molecule has 0 aliphatic rings. The molecular formula is C4H4MnN2O2. The molecule has 1 heterocycles. The van der Waals surface area contributed by atoms with Crippen molar-refractivity contribution in [3.05, 3.63) is 32.8 Å². The molecule has 5 heteroatoms. The van der Waals surface area contributed by atoms with Crippen LogP contribution in [0.4, 0.5) is 0 Å². The fourth-order valence-electron chi connectivity index (χ4n) is 0.358. The van der Waals surface area contributed by atoms with Crippen LogP contribution in [0.2, 0.25) is 0 Å². The van der Waals surface area contributed by atoms with Gasteiger partial charge in [0.2, 0.25) is 0 Å². The van der Waals surface area contributed by atoms with Gasteiger partial charge < -0.3 is 0 Å². The number of aromatic nitrogens is 2. The molecule has 0 unspecified atom stereocenters. The molecule has 4 nitrogen and oxygen atoms in total. The fourth-order valence-corrected chi connectivity index (χ4v) is 0.358. The summed E-state index contributed by atoms with van der Waals surface area (Å²) < 4.78 is 0. The van der Waals surface area contributed by atoms with E-state index in [4.69, 9.17) is 0 Å². The van der Waals surface area contributed by atoms with Gasteiger partial charge in [0.1, 0.15) is 0 Å². The molecular weight excluding hydrogens is 163 g/mol. The van der Waals surface area contributed by atoms with Gasteiger partial charge in [0.25, 0.3) is 11.1 Å². The standard InChI is InChI=1S/C4H4N2O2.Mn/c7-3-1-2-4(8)6-5-3;/h1-2H,(H,5,7)(H,6,8);. The molecule has 9 heavy (non-hydrogen) atoms. The van der Waals surface area contributed by atoms with Gasteiger partial charge in [-0.25, -0.2) is 0 Å². The van der Waals surface area contributed by atoms with Gasteiger partial charge in [0.05, 0.1) is 0 Å². The van der Waals surface area contributed by atoms with Crippen molar-refractivity contribution in [2.24, 2.45) is 0 Å². The third-order valence-electron chi connectivity index (χ3n) is 0.695. The average molecular weight is 167 g/mol. The van der Waals surface area contributed by atoms with Gasteiger partial charge in [-0.1, -0.05) is 0 Å². The smallest absolute Gasteiger partial charge is 0.262 e. The van der Waals surface area contributed by atoms with E-state index in [0.717, 1.165) is 0 Å². The minimum absolute atomic E-state index is 0. The maximum Gasteiger partial charge on any atom is 0.262 e. The van der Waals surface area contributed by atoms with E-state index in [2.05, 4.69) is 10.2 Å². The molecule has 0 fully saturated rings. The summed E-state index contributed by atoms with van der Waals surface area (Å²) in [5, 5.41) is 4.21. The van der Waals surface area contributed by atoms with Crippen LogP contribution < -0.4 is 11.1 Å². The van der Waals surface area contributed by atoms with Crippen LogP contribution in [0.5, 0.6) is 0 Å². The molecule has 0 saturated heterocycles. The van der Waals surface area contributed by atoms with Gasteiger partial charge in [-0.2, -0.15) is 0 Å². The van der Waals surface area contributed by atoms with Crippen molar-refractivity contribution < 1.29 is 17.1 Å². The Morgan fingerprint density at radius 2 is 1.33 bits per heavy atom. The second-order valence-corrected chi connectivity index (χ2v) is 1.31. The summed E-state index contributed by atoms with van der Waals surface area (Å²) in [5.41, 5.74) is -0.603. The zero-order valence-corrected chi connectivity index (χ0v) is 5.53. The molecule has 0 atom stereocenters. The number of nitrogens with one attached hydrogen (secondary N) is 2. The molecule has 0 saturated carbocycles. The first kappa shape index (κ1) is 8.20. The molecule has 0 bridgehead atoms. The van der Waals surface area contributed by atoms with E-state index in [1.54, 1.807) is 0 Å². The van der Waals surface area contributed by atoms with Crippen LogP contribution in [0.15, 0.2) is 21.7 Å². The van der Waals surface area contributed by atoms with E-state index < -0.39 is 0 Å². The van der Waals surface area contributed by atoms with Crippen molar-refractivity contribution in [3.8, 4) is 0 Å². The van der Waals surface area contributed by atoms with Crippen LogP contribution in [0.3, 0.4) is 0 Å². The molecule has 0 aromatic carbocycles. The van der Waals surface area contributed by atoms with Gasteiger partial charge in [0, 0.05) is 29.2 Å². The molecule has 0 aliphatic carbocycles. The Bertz CT molecular complexity index is 224. The molecule has 0 spiro atoms.